The molecule has 0 radical (unpaired) electrons. The van der Waals surface area contributed by atoms with Gasteiger partial charge >= 0.3 is 5.63 Å². The van der Waals surface area contributed by atoms with E-state index in [4.69, 9.17) is 9.15 Å². The number of aryl methyl sites for hydroxylation is 2. The molecule has 0 aliphatic rings. The standard InChI is InChI=1S/C20H20O5S/c1-4-15-11-19(21)25-20-13(2)18(10-9-17(15)20)24-12-14-5-7-16(8-6-14)26(3,22)23/h5-11H,4,12H2,1-3H3. The van der Waals surface area contributed by atoms with Crippen LogP contribution in [0.3, 0.4) is 0 Å². The first-order valence-corrected chi connectivity index (χ1v) is 10.2. The maximum absolute atomic E-state index is 11.8. The zero-order chi connectivity index (χ0) is 18.9. The molecule has 6 heteroatoms. The maximum Gasteiger partial charge on any atom is 0.336 e. The molecule has 26 heavy (non-hydrogen) atoms. The second-order valence-electron chi connectivity index (χ2n) is 6.21. The van der Waals surface area contributed by atoms with Gasteiger partial charge in [-0.05, 0) is 48.7 Å². The van der Waals surface area contributed by atoms with Gasteiger partial charge in [0.2, 0.25) is 0 Å². The fourth-order valence-corrected chi connectivity index (χ4v) is 3.48. The molecule has 0 spiro atoms. The van der Waals surface area contributed by atoms with Crippen LogP contribution in [0.15, 0.2) is 56.6 Å². The zero-order valence-electron chi connectivity index (χ0n) is 14.9. The van der Waals surface area contributed by atoms with Gasteiger partial charge in [0.25, 0.3) is 0 Å². The summed E-state index contributed by atoms with van der Waals surface area (Å²) in [6, 6.07) is 11.9. The molecule has 0 saturated carbocycles. The lowest BCUT2D eigenvalue weighted by atomic mass is 10.0. The van der Waals surface area contributed by atoms with Crippen LogP contribution in [0.4, 0.5) is 0 Å². The lowest BCUT2D eigenvalue weighted by Crippen LogP contribution is -2.03. The molecule has 0 atom stereocenters. The highest BCUT2D eigenvalue weighted by Crippen LogP contribution is 2.29. The smallest absolute Gasteiger partial charge is 0.336 e. The minimum absolute atomic E-state index is 0.275. The quantitative estimate of drug-likeness (QED) is 0.639. The molecule has 1 heterocycles. The third-order valence-corrected chi connectivity index (χ3v) is 5.45. The van der Waals surface area contributed by atoms with E-state index < -0.39 is 9.84 Å². The summed E-state index contributed by atoms with van der Waals surface area (Å²) in [5.41, 5.74) is 2.73. The van der Waals surface area contributed by atoms with Gasteiger partial charge in [0.05, 0.1) is 4.90 Å². The van der Waals surface area contributed by atoms with E-state index in [1.165, 1.54) is 12.3 Å². The highest BCUT2D eigenvalue weighted by molar-refractivity contribution is 7.90. The molecule has 136 valence electrons. The predicted molar refractivity (Wildman–Crippen MR) is 100 cm³/mol. The van der Waals surface area contributed by atoms with E-state index in [2.05, 4.69) is 0 Å². The molecule has 5 nitrogen and oxygen atoms in total. The van der Waals surface area contributed by atoms with Crippen molar-refractivity contribution in [1.82, 2.24) is 0 Å². The van der Waals surface area contributed by atoms with Gasteiger partial charge in [0.15, 0.2) is 9.84 Å². The summed E-state index contributed by atoms with van der Waals surface area (Å²) in [7, 11) is -3.21. The third kappa shape index (κ3) is 3.65. The minimum atomic E-state index is -3.21. The van der Waals surface area contributed by atoms with Gasteiger partial charge in [-0.2, -0.15) is 0 Å². The van der Waals surface area contributed by atoms with E-state index in [-0.39, 0.29) is 17.1 Å². The topological polar surface area (TPSA) is 73.6 Å². The van der Waals surface area contributed by atoms with E-state index in [1.807, 2.05) is 26.0 Å². The predicted octanol–water partition coefficient (Wildman–Crippen LogP) is 3.65. The largest absolute Gasteiger partial charge is 0.488 e. The molecule has 0 aliphatic heterocycles. The van der Waals surface area contributed by atoms with E-state index in [0.717, 1.165) is 28.5 Å². The summed E-state index contributed by atoms with van der Waals surface area (Å²) in [4.78, 5) is 12.0. The van der Waals surface area contributed by atoms with Crippen molar-refractivity contribution in [3.05, 3.63) is 69.6 Å². The average Bonchev–Trinajstić information content (AvgIpc) is 2.60. The molecule has 0 saturated heterocycles. The first kappa shape index (κ1) is 18.2. The number of ether oxygens (including phenoxy) is 1. The number of hydrogen-bond acceptors (Lipinski definition) is 5. The molecular weight excluding hydrogens is 352 g/mol. The number of hydrogen-bond donors (Lipinski definition) is 0. The van der Waals surface area contributed by atoms with Crippen LogP contribution in [0.1, 0.15) is 23.6 Å². The average molecular weight is 372 g/mol. The molecular formula is C20H20O5S. The summed E-state index contributed by atoms with van der Waals surface area (Å²) >= 11 is 0. The summed E-state index contributed by atoms with van der Waals surface area (Å²) < 4.78 is 34.2. The molecule has 0 fully saturated rings. The SMILES string of the molecule is CCc1cc(=O)oc2c(C)c(OCc3ccc(S(C)(=O)=O)cc3)ccc12. The Bertz CT molecular complexity index is 1110. The lowest BCUT2D eigenvalue weighted by Gasteiger charge is -2.12. The second-order valence-corrected chi connectivity index (χ2v) is 8.23. The normalized spacial score (nSPS) is 11.7. The van der Waals surface area contributed by atoms with Crippen LogP contribution >= 0.6 is 0 Å². The molecule has 0 bridgehead atoms. The van der Waals surface area contributed by atoms with Crippen LogP contribution in [-0.4, -0.2) is 14.7 Å². The Morgan fingerprint density at radius 3 is 2.38 bits per heavy atom. The zero-order valence-corrected chi connectivity index (χ0v) is 15.7. The Kier molecular flexibility index (Phi) is 4.87. The van der Waals surface area contributed by atoms with Crippen LogP contribution in [0.5, 0.6) is 5.75 Å². The lowest BCUT2D eigenvalue weighted by molar-refractivity contribution is 0.304. The van der Waals surface area contributed by atoms with Crippen molar-refractivity contribution in [2.75, 3.05) is 6.26 Å². The van der Waals surface area contributed by atoms with Gasteiger partial charge in [-0.25, -0.2) is 13.2 Å². The summed E-state index contributed by atoms with van der Waals surface area (Å²) in [6.45, 7) is 4.13. The number of rotatable bonds is 5. The third-order valence-electron chi connectivity index (χ3n) is 4.32. The minimum Gasteiger partial charge on any atom is -0.488 e. The number of benzene rings is 2. The molecule has 0 amide bonds. The Balaban J connectivity index is 1.88. The highest BCUT2D eigenvalue weighted by atomic mass is 32.2. The van der Waals surface area contributed by atoms with Crippen molar-refractivity contribution in [2.45, 2.75) is 31.8 Å². The molecule has 2 aromatic carbocycles. The Morgan fingerprint density at radius 2 is 1.77 bits per heavy atom. The van der Waals surface area contributed by atoms with Gasteiger partial charge in [-0.1, -0.05) is 19.1 Å². The molecule has 0 unspecified atom stereocenters. The van der Waals surface area contributed by atoms with E-state index >= 15 is 0 Å². The number of fused-ring (bicyclic) bond motifs is 1. The van der Waals surface area contributed by atoms with Crippen LogP contribution < -0.4 is 10.4 Å². The van der Waals surface area contributed by atoms with Crippen LogP contribution in [0, 0.1) is 6.92 Å². The van der Waals surface area contributed by atoms with Crippen molar-refractivity contribution in [2.24, 2.45) is 0 Å². The van der Waals surface area contributed by atoms with Gasteiger partial charge in [-0.15, -0.1) is 0 Å². The van der Waals surface area contributed by atoms with Crippen LogP contribution in [0.25, 0.3) is 11.0 Å². The Labute approximate surface area is 152 Å². The molecule has 3 aromatic rings. The van der Waals surface area contributed by atoms with Crippen molar-refractivity contribution >= 4 is 20.8 Å². The van der Waals surface area contributed by atoms with Gasteiger partial charge in [-0.3, -0.25) is 0 Å². The molecule has 0 aliphatic carbocycles. The van der Waals surface area contributed by atoms with Gasteiger partial charge < -0.3 is 9.15 Å². The summed E-state index contributed by atoms with van der Waals surface area (Å²) in [5.74, 6) is 0.626. The Hall–Kier alpha value is -2.60. The van der Waals surface area contributed by atoms with Gasteiger partial charge in [0, 0.05) is 23.3 Å². The fourth-order valence-electron chi connectivity index (χ4n) is 2.85. The van der Waals surface area contributed by atoms with Crippen molar-refractivity contribution in [3.63, 3.8) is 0 Å². The van der Waals surface area contributed by atoms with E-state index in [0.29, 0.717) is 11.3 Å². The first-order valence-electron chi connectivity index (χ1n) is 8.27. The number of sulfone groups is 1. The molecule has 0 N–H and O–H groups in total. The monoisotopic (exact) mass is 372 g/mol. The van der Waals surface area contributed by atoms with Gasteiger partial charge in [0.1, 0.15) is 17.9 Å². The van der Waals surface area contributed by atoms with E-state index in [9.17, 15) is 13.2 Å². The van der Waals surface area contributed by atoms with Crippen LogP contribution in [-0.2, 0) is 22.9 Å². The maximum atomic E-state index is 11.8. The fraction of sp³-hybridized carbons (Fsp3) is 0.250. The highest BCUT2D eigenvalue weighted by Gasteiger charge is 2.12. The van der Waals surface area contributed by atoms with Crippen molar-refractivity contribution in [3.8, 4) is 5.75 Å². The second kappa shape index (κ2) is 6.96. The molecule has 1 aromatic heterocycles. The summed E-state index contributed by atoms with van der Waals surface area (Å²) in [6.07, 6.45) is 1.92. The molecule has 3 rings (SSSR count). The Morgan fingerprint density at radius 1 is 1.08 bits per heavy atom. The first-order chi connectivity index (χ1) is 12.3. The van der Waals surface area contributed by atoms with Crippen LogP contribution in [0.2, 0.25) is 0 Å². The summed E-state index contributed by atoms with van der Waals surface area (Å²) in [5, 5.41) is 0.912. The van der Waals surface area contributed by atoms with E-state index in [1.54, 1.807) is 24.3 Å². The van der Waals surface area contributed by atoms with Crippen molar-refractivity contribution < 1.29 is 17.6 Å². The van der Waals surface area contributed by atoms with Crippen molar-refractivity contribution in [1.29, 1.82) is 0 Å².